The van der Waals surface area contributed by atoms with Crippen molar-refractivity contribution >= 4 is 27.5 Å². The quantitative estimate of drug-likeness (QED) is 0.287. The molecule has 2 amide bonds. The van der Waals surface area contributed by atoms with Crippen LogP contribution in [0.2, 0.25) is 0 Å². The Morgan fingerprint density at radius 1 is 0.905 bits per heavy atom. The molecule has 0 saturated carbocycles. The smallest absolute Gasteiger partial charge is 0.264 e. The molecule has 3 rings (SSSR count). The summed E-state index contributed by atoms with van der Waals surface area (Å²) in [5.74, 6) is -0.744. The molecule has 3 aromatic carbocycles. The second-order valence-electron chi connectivity index (χ2n) is 9.75. The summed E-state index contributed by atoms with van der Waals surface area (Å²) < 4.78 is 53.3. The first-order valence-corrected chi connectivity index (χ1v) is 15.1. The molecule has 0 spiro atoms. The number of hydrogen-bond donors (Lipinski definition) is 1. The van der Waals surface area contributed by atoms with Crippen LogP contribution in [0.5, 0.6) is 11.5 Å². The zero-order chi connectivity index (χ0) is 30.9. The molecule has 2 unspecified atom stereocenters. The number of carbonyl (C=O) groups excluding carboxylic acids is 2. The van der Waals surface area contributed by atoms with Gasteiger partial charge in [0.2, 0.25) is 11.8 Å². The highest BCUT2D eigenvalue weighted by molar-refractivity contribution is 7.92. The van der Waals surface area contributed by atoms with Crippen molar-refractivity contribution in [2.45, 2.75) is 57.1 Å². The van der Waals surface area contributed by atoms with E-state index in [9.17, 15) is 22.4 Å². The van der Waals surface area contributed by atoms with Crippen molar-refractivity contribution in [3.8, 4) is 11.5 Å². The number of amides is 2. The number of benzene rings is 3. The summed E-state index contributed by atoms with van der Waals surface area (Å²) in [5.41, 5.74) is 0.756. The fraction of sp³-hybridized carbons (Fsp3) is 0.355. The lowest BCUT2D eigenvalue weighted by molar-refractivity contribution is -0.140. The van der Waals surface area contributed by atoms with Crippen LogP contribution in [0.1, 0.15) is 39.2 Å². The van der Waals surface area contributed by atoms with Crippen LogP contribution in [-0.2, 0) is 26.2 Å². The molecule has 0 aromatic heterocycles. The van der Waals surface area contributed by atoms with Crippen LogP contribution >= 0.6 is 0 Å². The van der Waals surface area contributed by atoms with E-state index >= 15 is 0 Å². The fourth-order valence-corrected chi connectivity index (χ4v) is 5.80. The largest absolute Gasteiger partial charge is 0.493 e. The van der Waals surface area contributed by atoms with Crippen LogP contribution in [0.15, 0.2) is 77.7 Å². The normalized spacial score (nSPS) is 12.6. The van der Waals surface area contributed by atoms with Crippen molar-refractivity contribution in [1.82, 2.24) is 10.2 Å². The van der Waals surface area contributed by atoms with Crippen molar-refractivity contribution in [1.29, 1.82) is 0 Å². The lowest BCUT2D eigenvalue weighted by atomic mass is 10.1. The first-order chi connectivity index (χ1) is 20.0. The molecular weight excluding hydrogens is 561 g/mol. The zero-order valence-corrected chi connectivity index (χ0v) is 25.4. The van der Waals surface area contributed by atoms with Gasteiger partial charge in [-0.3, -0.25) is 13.9 Å². The minimum Gasteiger partial charge on any atom is -0.493 e. The summed E-state index contributed by atoms with van der Waals surface area (Å²) in [6, 6.07) is 16.9. The minimum atomic E-state index is -4.24. The molecule has 1 N–H and O–H groups in total. The summed E-state index contributed by atoms with van der Waals surface area (Å²) in [4.78, 5) is 28.8. The molecule has 11 heteroatoms. The number of nitrogens with one attached hydrogen (secondary N) is 1. The number of sulfonamides is 1. The van der Waals surface area contributed by atoms with Gasteiger partial charge in [-0.25, -0.2) is 12.8 Å². The first kappa shape index (κ1) is 32.4. The van der Waals surface area contributed by atoms with Gasteiger partial charge in [0.15, 0.2) is 11.5 Å². The molecule has 0 aliphatic carbocycles. The van der Waals surface area contributed by atoms with Gasteiger partial charge in [-0.15, -0.1) is 0 Å². The summed E-state index contributed by atoms with van der Waals surface area (Å²) in [5, 5.41) is 2.92. The maximum absolute atomic E-state index is 14.1. The van der Waals surface area contributed by atoms with Gasteiger partial charge in [0.1, 0.15) is 18.4 Å². The van der Waals surface area contributed by atoms with Crippen molar-refractivity contribution in [3.05, 3.63) is 84.2 Å². The number of nitrogens with zero attached hydrogens (tertiary/aromatic N) is 2. The number of anilines is 1. The van der Waals surface area contributed by atoms with Gasteiger partial charge in [-0.05, 0) is 61.7 Å². The molecule has 3 aromatic rings. The molecule has 9 nitrogen and oxygen atoms in total. The predicted molar refractivity (Wildman–Crippen MR) is 159 cm³/mol. The second-order valence-corrected chi connectivity index (χ2v) is 11.6. The summed E-state index contributed by atoms with van der Waals surface area (Å²) in [6.45, 7) is 4.93. The van der Waals surface area contributed by atoms with E-state index in [0.29, 0.717) is 17.7 Å². The average Bonchev–Trinajstić information content (AvgIpc) is 3.00. The summed E-state index contributed by atoms with van der Waals surface area (Å²) in [6.07, 6.45) is 0.966. The van der Waals surface area contributed by atoms with E-state index in [2.05, 4.69) is 5.32 Å². The topological polar surface area (TPSA) is 105 Å². The number of methoxy groups -OCH3 is 2. The lowest BCUT2D eigenvalue weighted by Gasteiger charge is -2.33. The minimum absolute atomic E-state index is 0.0146. The van der Waals surface area contributed by atoms with Gasteiger partial charge in [-0.1, -0.05) is 44.2 Å². The molecule has 0 fully saturated rings. The molecule has 2 atom stereocenters. The zero-order valence-electron chi connectivity index (χ0n) is 24.5. The highest BCUT2D eigenvalue weighted by atomic mass is 32.2. The first-order valence-electron chi connectivity index (χ1n) is 13.7. The molecule has 0 bridgehead atoms. The molecule has 42 heavy (non-hydrogen) atoms. The maximum Gasteiger partial charge on any atom is 0.264 e. The maximum atomic E-state index is 14.1. The number of rotatable bonds is 14. The highest BCUT2D eigenvalue weighted by Crippen LogP contribution is 2.34. The molecule has 0 radical (unpaired) electrons. The van der Waals surface area contributed by atoms with Crippen molar-refractivity contribution in [2.24, 2.45) is 0 Å². The molecule has 0 aliphatic rings. The van der Waals surface area contributed by atoms with E-state index in [1.807, 2.05) is 13.8 Å². The van der Waals surface area contributed by atoms with E-state index in [1.54, 1.807) is 31.2 Å². The number of carbonyl (C=O) groups is 2. The van der Waals surface area contributed by atoms with Gasteiger partial charge in [-0.2, -0.15) is 0 Å². The van der Waals surface area contributed by atoms with Gasteiger partial charge in [0, 0.05) is 18.7 Å². The third-order valence-electron chi connectivity index (χ3n) is 6.92. The summed E-state index contributed by atoms with van der Waals surface area (Å²) >= 11 is 0. The van der Waals surface area contributed by atoms with Gasteiger partial charge in [0.25, 0.3) is 10.0 Å². The summed E-state index contributed by atoms with van der Waals surface area (Å²) in [7, 11) is -1.36. The number of ether oxygens (including phenoxy) is 2. The third-order valence-corrected chi connectivity index (χ3v) is 8.71. The predicted octanol–water partition coefficient (Wildman–Crippen LogP) is 4.76. The number of hydrogen-bond acceptors (Lipinski definition) is 6. The Balaban J connectivity index is 2.10. The third kappa shape index (κ3) is 7.79. The lowest BCUT2D eigenvalue weighted by Crippen LogP contribution is -2.53. The number of halogens is 1. The van der Waals surface area contributed by atoms with Crippen LogP contribution in [0.25, 0.3) is 0 Å². The Morgan fingerprint density at radius 3 is 2.12 bits per heavy atom. The van der Waals surface area contributed by atoms with E-state index in [4.69, 9.17) is 9.47 Å². The van der Waals surface area contributed by atoms with E-state index < -0.39 is 34.3 Å². The van der Waals surface area contributed by atoms with E-state index in [-0.39, 0.29) is 41.2 Å². The highest BCUT2D eigenvalue weighted by Gasteiger charge is 2.34. The molecule has 0 aliphatic heterocycles. The second kappa shape index (κ2) is 14.7. The van der Waals surface area contributed by atoms with Crippen LogP contribution in [-0.4, -0.2) is 58.0 Å². The van der Waals surface area contributed by atoms with Crippen molar-refractivity contribution in [2.75, 3.05) is 25.1 Å². The standard InChI is InChI=1S/C31H38FN3O6S/c1-6-22(3)33-31(37)27(7-2)34(20-23-13-15-24(32)16-14-23)30(36)21-35(42(38,39)26-11-9-8-10-12-26)25-17-18-28(40-4)29(19-25)41-5/h8-19,22,27H,6-7,20-21H2,1-5H3,(H,33,37). The van der Waals surface area contributed by atoms with Gasteiger partial charge < -0.3 is 19.7 Å². The molecule has 226 valence electrons. The SMILES string of the molecule is CCC(C)NC(=O)C(CC)N(Cc1ccc(F)cc1)C(=O)CN(c1ccc(OC)c(OC)c1)S(=O)(=O)c1ccccc1. The van der Waals surface area contributed by atoms with Crippen molar-refractivity contribution in [3.63, 3.8) is 0 Å². The molecular formula is C31H38FN3O6S. The van der Waals surface area contributed by atoms with Crippen LogP contribution in [0.3, 0.4) is 0 Å². The van der Waals surface area contributed by atoms with Crippen LogP contribution < -0.4 is 19.1 Å². The fourth-order valence-electron chi connectivity index (χ4n) is 4.38. The van der Waals surface area contributed by atoms with Gasteiger partial charge in [0.05, 0.1) is 24.8 Å². The Kier molecular flexibility index (Phi) is 11.3. The van der Waals surface area contributed by atoms with Crippen LogP contribution in [0, 0.1) is 5.82 Å². The van der Waals surface area contributed by atoms with E-state index in [1.165, 1.54) is 67.7 Å². The monoisotopic (exact) mass is 599 g/mol. The van der Waals surface area contributed by atoms with Gasteiger partial charge >= 0.3 is 0 Å². The Bertz CT molecular complexity index is 1450. The Morgan fingerprint density at radius 2 is 1.55 bits per heavy atom. The molecule has 0 heterocycles. The van der Waals surface area contributed by atoms with E-state index in [0.717, 1.165) is 4.31 Å². The van der Waals surface area contributed by atoms with Crippen LogP contribution in [0.4, 0.5) is 10.1 Å². The van der Waals surface area contributed by atoms with Crippen molar-refractivity contribution < 1.29 is 31.9 Å². The Labute approximate surface area is 247 Å². The molecule has 0 saturated heterocycles. The Hall–Kier alpha value is -4.12. The average molecular weight is 600 g/mol.